The maximum absolute atomic E-state index is 12.3. The minimum atomic E-state index is -0.314. The average Bonchev–Trinajstić information content (AvgIpc) is 2.81. The van der Waals surface area contributed by atoms with Crippen LogP contribution in [0.1, 0.15) is 25.0 Å². The lowest BCUT2D eigenvalue weighted by Crippen LogP contribution is -2.26. The Hall–Kier alpha value is -2.67. The molecule has 0 aliphatic heterocycles. The molecule has 0 aliphatic carbocycles. The highest BCUT2D eigenvalue weighted by atomic mass is 35.5. The fourth-order valence-electron chi connectivity index (χ4n) is 2.77. The van der Waals surface area contributed by atoms with E-state index in [1.54, 1.807) is 18.3 Å². The Morgan fingerprint density at radius 2 is 1.67 bits per heavy atom. The van der Waals surface area contributed by atoms with Gasteiger partial charge in [-0.3, -0.25) is 4.79 Å². The number of rotatable bonds is 10. The molecule has 8 heteroatoms. The van der Waals surface area contributed by atoms with Gasteiger partial charge in [0.2, 0.25) is 0 Å². The largest absolute Gasteiger partial charge is 0.490 e. The monoisotopic (exact) mass is 502 g/mol. The van der Waals surface area contributed by atoms with Crippen LogP contribution in [-0.2, 0) is 11.4 Å². The number of nitrogens with zero attached hydrogens (tertiary/aromatic N) is 1. The fraction of sp³-hybridized carbons (Fsp3) is 0.200. The van der Waals surface area contributed by atoms with Gasteiger partial charge in [0, 0.05) is 14.9 Å². The topological polar surface area (TPSA) is 59.9 Å². The molecule has 1 unspecified atom stereocenters. The molecule has 0 fully saturated rings. The molecule has 0 radical (unpaired) electrons. The quantitative estimate of drug-likeness (QED) is 0.192. The third-order valence-corrected chi connectivity index (χ3v) is 6.08. The van der Waals surface area contributed by atoms with Gasteiger partial charge >= 0.3 is 0 Å². The van der Waals surface area contributed by atoms with Crippen molar-refractivity contribution in [2.75, 3.05) is 6.61 Å². The molecule has 5 nitrogen and oxygen atoms in total. The molecule has 0 heterocycles. The van der Waals surface area contributed by atoms with Crippen molar-refractivity contribution >= 4 is 47.1 Å². The summed E-state index contributed by atoms with van der Waals surface area (Å²) in [6.07, 6.45) is 1.57. The average molecular weight is 503 g/mol. The van der Waals surface area contributed by atoms with Crippen LogP contribution in [0.5, 0.6) is 11.5 Å². The number of hydrazone groups is 1. The van der Waals surface area contributed by atoms with Gasteiger partial charge in [-0.15, -0.1) is 11.8 Å². The zero-order chi connectivity index (χ0) is 23.6. The molecule has 1 N–H and O–H groups in total. The molecule has 33 heavy (non-hydrogen) atoms. The lowest BCUT2D eigenvalue weighted by Gasteiger charge is -2.13. The summed E-state index contributed by atoms with van der Waals surface area (Å²) >= 11 is 13.3. The maximum atomic E-state index is 12.3. The first-order valence-electron chi connectivity index (χ1n) is 10.3. The molecule has 0 saturated carbocycles. The number of hydrogen-bond donors (Lipinski definition) is 1. The van der Waals surface area contributed by atoms with Crippen LogP contribution in [0.15, 0.2) is 76.7 Å². The van der Waals surface area contributed by atoms with Gasteiger partial charge in [0.05, 0.1) is 18.1 Å². The van der Waals surface area contributed by atoms with Crippen LogP contribution in [0.4, 0.5) is 0 Å². The molecule has 3 aromatic carbocycles. The molecule has 0 aliphatic rings. The number of amides is 1. The van der Waals surface area contributed by atoms with Crippen molar-refractivity contribution in [2.24, 2.45) is 5.10 Å². The predicted octanol–water partition coefficient (Wildman–Crippen LogP) is 6.60. The second-order valence-corrected chi connectivity index (χ2v) is 9.29. The van der Waals surface area contributed by atoms with Crippen LogP contribution in [0.2, 0.25) is 10.0 Å². The first-order chi connectivity index (χ1) is 15.9. The number of carbonyl (C=O) groups excluding carboxylic acids is 1. The smallest absolute Gasteiger partial charge is 0.253 e. The van der Waals surface area contributed by atoms with Crippen molar-refractivity contribution in [2.45, 2.75) is 30.6 Å². The van der Waals surface area contributed by atoms with E-state index in [1.807, 2.05) is 68.4 Å². The summed E-state index contributed by atoms with van der Waals surface area (Å²) in [4.78, 5) is 13.3. The normalized spacial score (nSPS) is 11.9. The standard InChI is InChI=1S/C25H24Cl2N2O3S/c1-3-31-24-14-19(6-13-23(24)32-16-18-4-7-20(26)8-5-18)15-28-29-25(30)17(2)33-22-11-9-21(27)10-12-22/h4-15,17H,3,16H2,1-2H3,(H,29,30)/b28-15+. The summed E-state index contributed by atoms with van der Waals surface area (Å²) in [7, 11) is 0. The van der Waals surface area contributed by atoms with Crippen LogP contribution in [0.25, 0.3) is 0 Å². The van der Waals surface area contributed by atoms with Gasteiger partial charge in [0.15, 0.2) is 11.5 Å². The van der Waals surface area contributed by atoms with Gasteiger partial charge in [-0.05, 0) is 79.6 Å². The van der Waals surface area contributed by atoms with E-state index >= 15 is 0 Å². The van der Waals surface area contributed by atoms with E-state index in [1.165, 1.54) is 11.8 Å². The second-order valence-electron chi connectivity index (χ2n) is 7.00. The van der Waals surface area contributed by atoms with Gasteiger partial charge in [0.25, 0.3) is 5.91 Å². The van der Waals surface area contributed by atoms with Crippen LogP contribution in [-0.4, -0.2) is 24.0 Å². The summed E-state index contributed by atoms with van der Waals surface area (Å²) < 4.78 is 11.6. The minimum absolute atomic E-state index is 0.195. The molecule has 172 valence electrons. The lowest BCUT2D eigenvalue weighted by molar-refractivity contribution is -0.120. The van der Waals surface area contributed by atoms with E-state index in [-0.39, 0.29) is 11.2 Å². The maximum Gasteiger partial charge on any atom is 0.253 e. The van der Waals surface area contributed by atoms with E-state index in [0.717, 1.165) is 16.0 Å². The molecule has 0 spiro atoms. The number of carbonyl (C=O) groups is 1. The molecular formula is C25H24Cl2N2O3S. The van der Waals surface area contributed by atoms with E-state index in [9.17, 15) is 4.79 Å². The van der Waals surface area contributed by atoms with Gasteiger partial charge in [-0.25, -0.2) is 5.43 Å². The Balaban J connectivity index is 1.57. The van der Waals surface area contributed by atoms with Crippen LogP contribution < -0.4 is 14.9 Å². The van der Waals surface area contributed by atoms with Gasteiger partial charge in [-0.1, -0.05) is 35.3 Å². The van der Waals surface area contributed by atoms with Crippen molar-refractivity contribution in [1.82, 2.24) is 5.43 Å². The number of nitrogens with one attached hydrogen (secondary N) is 1. The Labute approximate surface area is 208 Å². The summed E-state index contributed by atoms with van der Waals surface area (Å²) in [5.41, 5.74) is 4.36. The Morgan fingerprint density at radius 1 is 1.00 bits per heavy atom. The predicted molar refractivity (Wildman–Crippen MR) is 136 cm³/mol. The zero-order valence-corrected chi connectivity index (χ0v) is 20.6. The molecule has 0 saturated heterocycles. The van der Waals surface area contributed by atoms with E-state index < -0.39 is 0 Å². The number of ether oxygens (including phenoxy) is 2. The Kier molecular flexibility index (Phi) is 9.48. The highest BCUT2D eigenvalue weighted by molar-refractivity contribution is 8.00. The van der Waals surface area contributed by atoms with Crippen molar-refractivity contribution in [3.8, 4) is 11.5 Å². The molecule has 3 aromatic rings. The number of halogens is 2. The molecule has 1 amide bonds. The number of benzene rings is 3. The van der Waals surface area contributed by atoms with E-state index in [2.05, 4.69) is 10.5 Å². The van der Waals surface area contributed by atoms with Crippen LogP contribution in [0.3, 0.4) is 0 Å². The highest BCUT2D eigenvalue weighted by Gasteiger charge is 2.13. The van der Waals surface area contributed by atoms with Crippen molar-refractivity contribution in [3.05, 3.63) is 87.9 Å². The van der Waals surface area contributed by atoms with E-state index in [4.69, 9.17) is 32.7 Å². The molecule has 1 atom stereocenters. The first-order valence-corrected chi connectivity index (χ1v) is 12.0. The Bertz CT molecular complexity index is 1090. The molecule has 0 bridgehead atoms. The summed E-state index contributed by atoms with van der Waals surface area (Å²) in [5.74, 6) is 1.04. The zero-order valence-electron chi connectivity index (χ0n) is 18.3. The van der Waals surface area contributed by atoms with Gasteiger partial charge in [0.1, 0.15) is 6.61 Å². The van der Waals surface area contributed by atoms with Crippen molar-refractivity contribution in [3.63, 3.8) is 0 Å². The second kappa shape index (κ2) is 12.5. The molecule has 3 rings (SSSR count). The first kappa shape index (κ1) is 25.0. The summed E-state index contributed by atoms with van der Waals surface area (Å²) in [6.45, 7) is 4.62. The highest BCUT2D eigenvalue weighted by Crippen LogP contribution is 2.29. The molecular weight excluding hydrogens is 479 g/mol. The molecule has 0 aromatic heterocycles. The summed E-state index contributed by atoms with van der Waals surface area (Å²) in [5, 5.41) is 5.11. The minimum Gasteiger partial charge on any atom is -0.490 e. The van der Waals surface area contributed by atoms with Gasteiger partial charge in [-0.2, -0.15) is 5.10 Å². The van der Waals surface area contributed by atoms with Crippen LogP contribution >= 0.6 is 35.0 Å². The summed E-state index contributed by atoms with van der Waals surface area (Å²) in [6, 6.07) is 20.3. The number of thioether (sulfide) groups is 1. The SMILES string of the molecule is CCOc1cc(/C=N/NC(=O)C(C)Sc2ccc(Cl)cc2)ccc1OCc1ccc(Cl)cc1. The Morgan fingerprint density at radius 3 is 2.33 bits per heavy atom. The third-order valence-electron chi connectivity index (χ3n) is 4.46. The van der Waals surface area contributed by atoms with Crippen molar-refractivity contribution < 1.29 is 14.3 Å². The van der Waals surface area contributed by atoms with Gasteiger partial charge < -0.3 is 9.47 Å². The third kappa shape index (κ3) is 8.00. The van der Waals surface area contributed by atoms with E-state index in [0.29, 0.717) is 34.8 Å². The van der Waals surface area contributed by atoms with Crippen LogP contribution in [0, 0.1) is 0 Å². The number of hydrogen-bond acceptors (Lipinski definition) is 5. The fourth-order valence-corrected chi connectivity index (χ4v) is 3.88. The van der Waals surface area contributed by atoms with Crippen molar-refractivity contribution in [1.29, 1.82) is 0 Å². The lowest BCUT2D eigenvalue weighted by atomic mass is 10.2.